The zero-order valence-corrected chi connectivity index (χ0v) is 9.71. The summed E-state index contributed by atoms with van der Waals surface area (Å²) in [7, 11) is 0. The number of nitrogens with two attached hydrogens (primary N) is 1. The van der Waals surface area contributed by atoms with Crippen LogP contribution in [-0.2, 0) is 14.3 Å². The van der Waals surface area contributed by atoms with E-state index in [1.807, 2.05) is 13.8 Å². The number of carbonyl (C=O) groups is 2. The van der Waals surface area contributed by atoms with Crippen molar-refractivity contribution < 1.29 is 14.3 Å². The Morgan fingerprint density at radius 1 is 1.50 bits per heavy atom. The highest BCUT2D eigenvalue weighted by Gasteiger charge is 2.38. The van der Waals surface area contributed by atoms with Crippen LogP contribution in [0.3, 0.4) is 0 Å². The van der Waals surface area contributed by atoms with Gasteiger partial charge in [-0.1, -0.05) is 0 Å². The molecular formula is C10H19N3O3. The quantitative estimate of drug-likeness (QED) is 0.561. The summed E-state index contributed by atoms with van der Waals surface area (Å²) < 4.78 is 5.39. The molecule has 0 aromatic heterocycles. The molecule has 1 rings (SSSR count). The van der Waals surface area contributed by atoms with Crippen LogP contribution < -0.4 is 16.4 Å². The zero-order chi connectivity index (χ0) is 12.2. The fourth-order valence-electron chi connectivity index (χ4n) is 1.61. The van der Waals surface area contributed by atoms with Gasteiger partial charge in [-0.3, -0.25) is 9.59 Å². The van der Waals surface area contributed by atoms with Gasteiger partial charge in [0.25, 0.3) is 0 Å². The van der Waals surface area contributed by atoms with E-state index in [0.29, 0.717) is 6.61 Å². The summed E-state index contributed by atoms with van der Waals surface area (Å²) >= 11 is 0. The van der Waals surface area contributed by atoms with Crippen LogP contribution in [0.5, 0.6) is 0 Å². The fraction of sp³-hybridized carbons (Fsp3) is 0.800. The number of rotatable bonds is 4. The van der Waals surface area contributed by atoms with Crippen molar-refractivity contribution in [2.75, 3.05) is 19.7 Å². The van der Waals surface area contributed by atoms with Gasteiger partial charge in [0.1, 0.15) is 0 Å². The molecule has 16 heavy (non-hydrogen) atoms. The molecule has 4 N–H and O–H groups in total. The van der Waals surface area contributed by atoms with E-state index in [4.69, 9.17) is 10.5 Å². The molecule has 2 unspecified atom stereocenters. The second-order valence-electron chi connectivity index (χ2n) is 4.21. The summed E-state index contributed by atoms with van der Waals surface area (Å²) in [6.45, 7) is 4.36. The predicted octanol–water partition coefficient (Wildman–Crippen LogP) is -1.25. The summed E-state index contributed by atoms with van der Waals surface area (Å²) in [5, 5.41) is 5.29. The molecule has 6 nitrogen and oxygen atoms in total. The van der Waals surface area contributed by atoms with Crippen LogP contribution in [0.4, 0.5) is 0 Å². The highest BCUT2D eigenvalue weighted by Crippen LogP contribution is 2.24. The van der Waals surface area contributed by atoms with E-state index in [0.717, 1.165) is 6.42 Å². The van der Waals surface area contributed by atoms with E-state index in [-0.39, 0.29) is 36.5 Å². The topological polar surface area (TPSA) is 93.5 Å². The van der Waals surface area contributed by atoms with Crippen LogP contribution in [-0.4, -0.2) is 43.2 Å². The number of ether oxygens (including phenoxy) is 1. The van der Waals surface area contributed by atoms with Gasteiger partial charge in [-0.15, -0.1) is 0 Å². The summed E-state index contributed by atoms with van der Waals surface area (Å²) in [5.41, 5.74) is 4.76. The molecule has 0 radical (unpaired) electrons. The van der Waals surface area contributed by atoms with Crippen molar-refractivity contribution in [3.05, 3.63) is 0 Å². The van der Waals surface area contributed by atoms with Crippen LogP contribution >= 0.6 is 0 Å². The van der Waals surface area contributed by atoms with Gasteiger partial charge in [-0.05, 0) is 20.3 Å². The van der Waals surface area contributed by atoms with E-state index in [9.17, 15) is 9.59 Å². The van der Waals surface area contributed by atoms with Gasteiger partial charge in [0.2, 0.25) is 11.8 Å². The molecule has 1 aliphatic heterocycles. The SMILES string of the molecule is CC1OCCC1(C)NC(=O)CNC(=O)CN. The molecule has 92 valence electrons. The molecule has 0 saturated carbocycles. The van der Waals surface area contributed by atoms with Gasteiger partial charge < -0.3 is 21.1 Å². The zero-order valence-electron chi connectivity index (χ0n) is 9.71. The maximum absolute atomic E-state index is 11.5. The minimum atomic E-state index is -0.343. The minimum absolute atomic E-state index is 0.0124. The van der Waals surface area contributed by atoms with Gasteiger partial charge in [0.05, 0.1) is 24.7 Å². The first kappa shape index (κ1) is 12.9. The van der Waals surface area contributed by atoms with E-state index in [1.54, 1.807) is 0 Å². The molecule has 0 aromatic rings. The smallest absolute Gasteiger partial charge is 0.239 e. The summed E-state index contributed by atoms with van der Waals surface area (Å²) in [6.07, 6.45) is 0.770. The highest BCUT2D eigenvalue weighted by molar-refractivity contribution is 5.85. The minimum Gasteiger partial charge on any atom is -0.376 e. The molecule has 2 atom stereocenters. The maximum Gasteiger partial charge on any atom is 0.239 e. The van der Waals surface area contributed by atoms with Crippen LogP contribution in [0.1, 0.15) is 20.3 Å². The fourth-order valence-corrected chi connectivity index (χ4v) is 1.61. The van der Waals surface area contributed by atoms with Crippen LogP contribution in [0.25, 0.3) is 0 Å². The molecule has 0 aliphatic carbocycles. The molecule has 0 bridgehead atoms. The molecule has 1 fully saturated rings. The Kier molecular flexibility index (Phi) is 4.26. The second kappa shape index (κ2) is 5.27. The first-order chi connectivity index (χ1) is 7.48. The van der Waals surface area contributed by atoms with Crippen molar-refractivity contribution in [2.24, 2.45) is 5.73 Å². The first-order valence-corrected chi connectivity index (χ1v) is 5.37. The average molecular weight is 229 g/mol. The van der Waals surface area contributed by atoms with Crippen molar-refractivity contribution in [1.29, 1.82) is 0 Å². The normalized spacial score (nSPS) is 28.8. The van der Waals surface area contributed by atoms with Crippen LogP contribution in [0.15, 0.2) is 0 Å². The Bertz CT molecular complexity index is 282. The molecular weight excluding hydrogens is 210 g/mol. The molecule has 1 aliphatic rings. The van der Waals surface area contributed by atoms with E-state index >= 15 is 0 Å². The largest absolute Gasteiger partial charge is 0.376 e. The third kappa shape index (κ3) is 3.18. The van der Waals surface area contributed by atoms with Crippen molar-refractivity contribution in [1.82, 2.24) is 10.6 Å². The van der Waals surface area contributed by atoms with Gasteiger partial charge in [-0.25, -0.2) is 0 Å². The van der Waals surface area contributed by atoms with Crippen molar-refractivity contribution >= 4 is 11.8 Å². The predicted molar refractivity (Wildman–Crippen MR) is 58.6 cm³/mol. The molecule has 1 heterocycles. The second-order valence-corrected chi connectivity index (χ2v) is 4.21. The van der Waals surface area contributed by atoms with Gasteiger partial charge in [0, 0.05) is 6.61 Å². The maximum atomic E-state index is 11.5. The lowest BCUT2D eigenvalue weighted by molar-refractivity contribution is -0.126. The third-order valence-electron chi connectivity index (χ3n) is 2.94. The van der Waals surface area contributed by atoms with Crippen molar-refractivity contribution in [3.63, 3.8) is 0 Å². The Balaban J connectivity index is 2.36. The number of hydrogen-bond donors (Lipinski definition) is 3. The molecule has 6 heteroatoms. The Morgan fingerprint density at radius 2 is 2.19 bits per heavy atom. The van der Waals surface area contributed by atoms with E-state index in [2.05, 4.69) is 10.6 Å². The lowest BCUT2D eigenvalue weighted by Crippen LogP contribution is -2.53. The van der Waals surface area contributed by atoms with E-state index in [1.165, 1.54) is 0 Å². The molecule has 0 aromatic carbocycles. The lowest BCUT2D eigenvalue weighted by atomic mass is 9.95. The van der Waals surface area contributed by atoms with Gasteiger partial charge >= 0.3 is 0 Å². The number of amides is 2. The first-order valence-electron chi connectivity index (χ1n) is 5.37. The molecule has 0 spiro atoms. The van der Waals surface area contributed by atoms with Crippen LogP contribution in [0.2, 0.25) is 0 Å². The van der Waals surface area contributed by atoms with Gasteiger partial charge in [0.15, 0.2) is 0 Å². The summed E-state index contributed by atoms with van der Waals surface area (Å²) in [5.74, 6) is -0.558. The molecule has 1 saturated heterocycles. The summed E-state index contributed by atoms with van der Waals surface area (Å²) in [4.78, 5) is 22.4. The number of nitrogens with one attached hydrogen (secondary N) is 2. The molecule has 2 amide bonds. The number of carbonyl (C=O) groups excluding carboxylic acids is 2. The summed E-state index contributed by atoms with van der Waals surface area (Å²) in [6, 6.07) is 0. The standard InChI is InChI=1S/C10H19N3O3/c1-7-10(2,3-4-16-7)13-9(15)6-12-8(14)5-11/h7H,3-6,11H2,1-2H3,(H,12,14)(H,13,15). The Labute approximate surface area is 94.9 Å². The van der Waals surface area contributed by atoms with Crippen molar-refractivity contribution in [2.45, 2.75) is 31.9 Å². The highest BCUT2D eigenvalue weighted by atomic mass is 16.5. The average Bonchev–Trinajstić information content (AvgIpc) is 2.55. The van der Waals surface area contributed by atoms with Crippen molar-refractivity contribution in [3.8, 4) is 0 Å². The monoisotopic (exact) mass is 229 g/mol. The Hall–Kier alpha value is -1.14. The lowest BCUT2D eigenvalue weighted by Gasteiger charge is -2.28. The van der Waals surface area contributed by atoms with Gasteiger partial charge in [-0.2, -0.15) is 0 Å². The van der Waals surface area contributed by atoms with E-state index < -0.39 is 0 Å². The van der Waals surface area contributed by atoms with Crippen LogP contribution in [0, 0.1) is 0 Å². The number of hydrogen-bond acceptors (Lipinski definition) is 4. The third-order valence-corrected chi connectivity index (χ3v) is 2.94. The Morgan fingerprint density at radius 3 is 2.69 bits per heavy atom.